The van der Waals surface area contributed by atoms with Crippen LogP contribution in [0.1, 0.15) is 5.56 Å². The number of halogens is 1. The summed E-state index contributed by atoms with van der Waals surface area (Å²) in [5.74, 6) is 4.67. The predicted molar refractivity (Wildman–Crippen MR) is 92.5 cm³/mol. The fourth-order valence-electron chi connectivity index (χ4n) is 1.94. The van der Waals surface area contributed by atoms with E-state index in [1.165, 1.54) is 7.05 Å². The van der Waals surface area contributed by atoms with Crippen LogP contribution in [0.5, 0.6) is 0 Å². The van der Waals surface area contributed by atoms with Gasteiger partial charge in [0.1, 0.15) is 5.82 Å². The van der Waals surface area contributed by atoms with Crippen molar-refractivity contribution in [1.29, 1.82) is 0 Å². The van der Waals surface area contributed by atoms with Crippen LogP contribution >= 0.6 is 0 Å². The number of likely N-dealkylation sites (N-methyl/N-ethyl adjacent to an activating group) is 1. The maximum absolute atomic E-state index is 12.9. The zero-order chi connectivity index (χ0) is 18.3. The van der Waals surface area contributed by atoms with Gasteiger partial charge in [0, 0.05) is 12.6 Å². The summed E-state index contributed by atoms with van der Waals surface area (Å²) in [6, 6.07) is 13.7. The quantitative estimate of drug-likeness (QED) is 0.824. The van der Waals surface area contributed by atoms with E-state index < -0.39 is 21.7 Å². The summed E-state index contributed by atoms with van der Waals surface area (Å²) < 4.78 is 38.4. The lowest BCUT2D eigenvalue weighted by Crippen LogP contribution is -2.38. The van der Waals surface area contributed by atoms with Crippen LogP contribution in [-0.2, 0) is 14.8 Å². The van der Waals surface area contributed by atoms with Crippen molar-refractivity contribution in [3.05, 3.63) is 66.0 Å². The number of benzene rings is 2. The van der Waals surface area contributed by atoms with Gasteiger partial charge in [-0.05, 0) is 36.4 Å². The molecule has 5 nitrogen and oxygen atoms in total. The second kappa shape index (κ2) is 8.42. The standard InChI is InChI=1S/C18H17FN2O3S/c1-21(25(23,24)17-11-9-16(19)10-12-17)14-18(22)20-13-5-8-15-6-3-2-4-7-15/h2-4,6-7,9-12H,13-14H2,1H3,(H,20,22). The first-order valence-electron chi connectivity index (χ1n) is 7.42. The van der Waals surface area contributed by atoms with Gasteiger partial charge in [0.25, 0.3) is 0 Å². The lowest BCUT2D eigenvalue weighted by Gasteiger charge is -2.16. The highest BCUT2D eigenvalue weighted by atomic mass is 32.2. The van der Waals surface area contributed by atoms with Gasteiger partial charge in [0.15, 0.2) is 0 Å². The molecule has 2 aromatic rings. The zero-order valence-electron chi connectivity index (χ0n) is 13.6. The number of hydrogen-bond acceptors (Lipinski definition) is 3. The van der Waals surface area contributed by atoms with E-state index in [4.69, 9.17) is 0 Å². The average Bonchev–Trinajstić information content (AvgIpc) is 2.60. The Balaban J connectivity index is 1.89. The SMILES string of the molecule is CN(CC(=O)NCC#Cc1ccccc1)S(=O)(=O)c1ccc(F)cc1. The van der Waals surface area contributed by atoms with Crippen molar-refractivity contribution in [3.8, 4) is 11.8 Å². The first-order valence-corrected chi connectivity index (χ1v) is 8.86. The van der Waals surface area contributed by atoms with Crippen molar-refractivity contribution in [2.24, 2.45) is 0 Å². The summed E-state index contributed by atoms with van der Waals surface area (Å²) in [4.78, 5) is 11.8. The normalized spacial score (nSPS) is 10.8. The molecule has 0 spiro atoms. The Morgan fingerprint density at radius 2 is 1.76 bits per heavy atom. The molecular formula is C18H17FN2O3S. The topological polar surface area (TPSA) is 66.5 Å². The Bertz CT molecular complexity index is 885. The van der Waals surface area contributed by atoms with Crippen LogP contribution in [0.15, 0.2) is 59.5 Å². The number of nitrogens with zero attached hydrogens (tertiary/aromatic N) is 1. The van der Waals surface area contributed by atoms with Gasteiger partial charge in [-0.15, -0.1) is 0 Å². The van der Waals surface area contributed by atoms with Gasteiger partial charge in [-0.25, -0.2) is 12.8 Å². The molecule has 2 aromatic carbocycles. The van der Waals surface area contributed by atoms with E-state index in [2.05, 4.69) is 17.2 Å². The molecule has 0 fully saturated rings. The van der Waals surface area contributed by atoms with Gasteiger partial charge in [0.05, 0.1) is 18.0 Å². The summed E-state index contributed by atoms with van der Waals surface area (Å²) in [5.41, 5.74) is 0.827. The largest absolute Gasteiger partial charge is 0.344 e. The molecule has 0 saturated carbocycles. The van der Waals surface area contributed by atoms with E-state index in [0.29, 0.717) is 0 Å². The third-order valence-electron chi connectivity index (χ3n) is 3.27. The van der Waals surface area contributed by atoms with E-state index in [1.807, 2.05) is 30.3 Å². The van der Waals surface area contributed by atoms with Crippen molar-refractivity contribution in [3.63, 3.8) is 0 Å². The molecule has 0 aliphatic carbocycles. The monoisotopic (exact) mass is 360 g/mol. The maximum atomic E-state index is 12.9. The highest BCUT2D eigenvalue weighted by Crippen LogP contribution is 2.14. The summed E-state index contributed by atoms with van der Waals surface area (Å²) in [6.45, 7) is -0.245. The van der Waals surface area contributed by atoms with Crippen LogP contribution in [0, 0.1) is 17.7 Å². The molecular weight excluding hydrogens is 343 g/mol. The van der Waals surface area contributed by atoms with Crippen molar-refractivity contribution >= 4 is 15.9 Å². The first kappa shape index (κ1) is 18.6. The summed E-state index contributed by atoms with van der Waals surface area (Å²) >= 11 is 0. The van der Waals surface area contributed by atoms with Gasteiger partial charge >= 0.3 is 0 Å². The van der Waals surface area contributed by atoms with E-state index in [9.17, 15) is 17.6 Å². The molecule has 0 bridgehead atoms. The number of carbonyl (C=O) groups excluding carboxylic acids is 1. The molecule has 0 aliphatic heterocycles. The van der Waals surface area contributed by atoms with Crippen LogP contribution < -0.4 is 5.32 Å². The number of hydrogen-bond donors (Lipinski definition) is 1. The molecule has 0 saturated heterocycles. The second-order valence-electron chi connectivity index (χ2n) is 5.16. The third-order valence-corrected chi connectivity index (χ3v) is 5.09. The van der Waals surface area contributed by atoms with Crippen molar-refractivity contribution in [2.45, 2.75) is 4.90 Å². The fraction of sp³-hybridized carbons (Fsp3) is 0.167. The van der Waals surface area contributed by atoms with Gasteiger partial charge in [-0.2, -0.15) is 4.31 Å². The molecule has 0 unspecified atom stereocenters. The molecule has 0 aromatic heterocycles. The minimum absolute atomic E-state index is 0.0759. The second-order valence-corrected chi connectivity index (χ2v) is 7.20. The minimum Gasteiger partial charge on any atom is -0.344 e. The Labute approximate surface area is 146 Å². The molecule has 1 amide bonds. The van der Waals surface area contributed by atoms with Gasteiger partial charge in [-0.3, -0.25) is 4.79 Å². The van der Waals surface area contributed by atoms with Crippen LogP contribution in [0.4, 0.5) is 4.39 Å². The van der Waals surface area contributed by atoms with Gasteiger partial charge in [-0.1, -0.05) is 30.0 Å². The smallest absolute Gasteiger partial charge is 0.243 e. The maximum Gasteiger partial charge on any atom is 0.243 e. The van der Waals surface area contributed by atoms with E-state index >= 15 is 0 Å². The Hall–Kier alpha value is -2.69. The summed E-state index contributed by atoms with van der Waals surface area (Å²) in [5, 5.41) is 2.54. The molecule has 2 rings (SSSR count). The lowest BCUT2D eigenvalue weighted by atomic mass is 10.2. The summed E-state index contributed by atoms with van der Waals surface area (Å²) in [6.07, 6.45) is 0. The molecule has 0 radical (unpaired) electrons. The number of sulfonamides is 1. The van der Waals surface area contributed by atoms with Gasteiger partial charge in [0.2, 0.25) is 15.9 Å². The molecule has 7 heteroatoms. The Kier molecular flexibility index (Phi) is 6.28. The summed E-state index contributed by atoms with van der Waals surface area (Å²) in [7, 11) is -2.57. The molecule has 0 atom stereocenters. The fourth-order valence-corrected chi connectivity index (χ4v) is 3.07. The number of nitrogens with one attached hydrogen (secondary N) is 1. The van der Waals surface area contributed by atoms with Crippen LogP contribution in [0.3, 0.4) is 0 Å². The molecule has 0 heterocycles. The Morgan fingerprint density at radius 3 is 2.40 bits per heavy atom. The van der Waals surface area contributed by atoms with Crippen LogP contribution in [0.25, 0.3) is 0 Å². The van der Waals surface area contributed by atoms with E-state index in [-0.39, 0.29) is 18.0 Å². The molecule has 25 heavy (non-hydrogen) atoms. The zero-order valence-corrected chi connectivity index (χ0v) is 14.4. The van der Waals surface area contributed by atoms with E-state index in [1.54, 1.807) is 0 Å². The van der Waals surface area contributed by atoms with Crippen molar-refractivity contribution in [1.82, 2.24) is 9.62 Å². The average molecular weight is 360 g/mol. The van der Waals surface area contributed by atoms with Crippen molar-refractivity contribution < 1.29 is 17.6 Å². The molecule has 0 aliphatic rings. The molecule has 1 N–H and O–H groups in total. The number of rotatable bonds is 5. The number of carbonyl (C=O) groups is 1. The van der Waals surface area contributed by atoms with Crippen LogP contribution in [0.2, 0.25) is 0 Å². The highest BCUT2D eigenvalue weighted by molar-refractivity contribution is 7.89. The van der Waals surface area contributed by atoms with E-state index in [0.717, 1.165) is 34.1 Å². The van der Waals surface area contributed by atoms with Crippen LogP contribution in [-0.4, -0.2) is 38.8 Å². The lowest BCUT2D eigenvalue weighted by molar-refractivity contribution is -0.120. The Morgan fingerprint density at radius 1 is 1.12 bits per heavy atom. The highest BCUT2D eigenvalue weighted by Gasteiger charge is 2.22. The first-order chi connectivity index (χ1) is 11.9. The van der Waals surface area contributed by atoms with Crippen molar-refractivity contribution in [2.75, 3.05) is 20.1 Å². The minimum atomic E-state index is -3.85. The van der Waals surface area contributed by atoms with Gasteiger partial charge < -0.3 is 5.32 Å². The number of amides is 1. The third kappa shape index (κ3) is 5.41. The molecule has 130 valence electrons. The predicted octanol–water partition coefficient (Wildman–Crippen LogP) is 1.61.